The molecular formula is C17H16ClN3O5. The molecule has 0 aliphatic rings. The maximum Gasteiger partial charge on any atom is 0.331 e. The van der Waals surface area contributed by atoms with E-state index in [1.165, 1.54) is 18.3 Å². The third kappa shape index (κ3) is 5.83. The smallest absolute Gasteiger partial charge is 0.331 e. The van der Waals surface area contributed by atoms with Crippen LogP contribution in [0.25, 0.3) is 0 Å². The molecule has 1 heterocycles. The number of aromatic nitrogens is 1. The van der Waals surface area contributed by atoms with Gasteiger partial charge in [-0.15, -0.1) is 0 Å². The Hall–Kier alpha value is -2.97. The number of aliphatic hydroxyl groups is 1. The summed E-state index contributed by atoms with van der Waals surface area (Å²) in [4.78, 5) is 39.5. The number of anilines is 1. The van der Waals surface area contributed by atoms with Crippen molar-refractivity contribution in [3.8, 4) is 0 Å². The number of hydrogen-bond acceptors (Lipinski definition) is 6. The quantitative estimate of drug-likeness (QED) is 0.620. The van der Waals surface area contributed by atoms with Gasteiger partial charge < -0.3 is 20.5 Å². The molecule has 0 aliphatic heterocycles. The highest BCUT2D eigenvalue weighted by molar-refractivity contribution is 6.30. The lowest BCUT2D eigenvalue weighted by Crippen LogP contribution is -2.45. The van der Waals surface area contributed by atoms with Crippen molar-refractivity contribution in [2.75, 3.05) is 18.5 Å². The number of carbonyl (C=O) groups is 3. The van der Waals surface area contributed by atoms with Crippen molar-refractivity contribution in [1.29, 1.82) is 0 Å². The molecule has 1 atom stereocenters. The van der Waals surface area contributed by atoms with Gasteiger partial charge >= 0.3 is 5.97 Å². The molecule has 0 saturated carbocycles. The summed E-state index contributed by atoms with van der Waals surface area (Å²) in [6.07, 6.45) is 1.35. The molecule has 2 aromatic rings. The Morgan fingerprint density at radius 1 is 1.15 bits per heavy atom. The molecule has 9 heteroatoms. The number of rotatable bonds is 7. The molecule has 2 rings (SSSR count). The number of ether oxygens (including phenoxy) is 1. The number of carbonyl (C=O) groups excluding carboxylic acids is 3. The van der Waals surface area contributed by atoms with Crippen molar-refractivity contribution in [3.05, 3.63) is 59.2 Å². The zero-order chi connectivity index (χ0) is 18.9. The highest BCUT2D eigenvalue weighted by atomic mass is 35.5. The first-order valence-electron chi connectivity index (χ1n) is 7.54. The fourth-order valence-electron chi connectivity index (χ4n) is 1.88. The molecule has 0 radical (unpaired) electrons. The van der Waals surface area contributed by atoms with Crippen LogP contribution in [0.4, 0.5) is 5.82 Å². The second-order valence-electron chi connectivity index (χ2n) is 5.09. The van der Waals surface area contributed by atoms with Gasteiger partial charge in [-0.05, 0) is 24.3 Å². The molecular weight excluding hydrogens is 362 g/mol. The van der Waals surface area contributed by atoms with Crippen LogP contribution in [0.5, 0.6) is 0 Å². The Morgan fingerprint density at radius 3 is 2.50 bits per heavy atom. The van der Waals surface area contributed by atoms with E-state index in [-0.39, 0.29) is 5.82 Å². The van der Waals surface area contributed by atoms with E-state index >= 15 is 0 Å². The predicted octanol–water partition coefficient (Wildman–Crippen LogP) is 1.01. The van der Waals surface area contributed by atoms with E-state index in [1.54, 1.807) is 30.3 Å². The summed E-state index contributed by atoms with van der Waals surface area (Å²) in [6.45, 7) is -1.27. The first-order chi connectivity index (χ1) is 12.5. The van der Waals surface area contributed by atoms with Gasteiger partial charge in [0.25, 0.3) is 11.8 Å². The lowest BCUT2D eigenvalue weighted by Gasteiger charge is -2.15. The summed E-state index contributed by atoms with van der Waals surface area (Å²) in [5, 5.41) is 14.4. The van der Waals surface area contributed by atoms with Crippen molar-refractivity contribution < 1.29 is 24.2 Å². The minimum atomic E-state index is -1.29. The number of nitrogens with one attached hydrogen (secondary N) is 2. The number of halogens is 1. The third-order valence-electron chi connectivity index (χ3n) is 3.15. The fraction of sp³-hybridized carbons (Fsp3) is 0.176. The summed E-state index contributed by atoms with van der Waals surface area (Å²) in [6, 6.07) is 9.92. The van der Waals surface area contributed by atoms with E-state index in [2.05, 4.69) is 15.6 Å². The molecule has 0 spiro atoms. The molecule has 3 N–H and O–H groups in total. The van der Waals surface area contributed by atoms with Crippen molar-refractivity contribution in [3.63, 3.8) is 0 Å². The number of benzene rings is 1. The van der Waals surface area contributed by atoms with Gasteiger partial charge in [0, 0.05) is 11.8 Å². The Balaban J connectivity index is 1.83. The Bertz CT molecular complexity index is 768. The highest BCUT2D eigenvalue weighted by Crippen LogP contribution is 2.09. The molecule has 8 nitrogen and oxygen atoms in total. The summed E-state index contributed by atoms with van der Waals surface area (Å²) >= 11 is 5.68. The zero-order valence-corrected chi connectivity index (χ0v) is 14.3. The van der Waals surface area contributed by atoms with E-state index < -0.39 is 37.0 Å². The number of hydrogen-bond donors (Lipinski definition) is 3. The van der Waals surface area contributed by atoms with Gasteiger partial charge in [-0.1, -0.05) is 29.8 Å². The van der Waals surface area contributed by atoms with Gasteiger partial charge in [-0.3, -0.25) is 9.59 Å². The summed E-state index contributed by atoms with van der Waals surface area (Å²) in [7, 11) is 0. The largest absolute Gasteiger partial charge is 0.454 e. The van der Waals surface area contributed by atoms with Crippen LogP contribution in [0.1, 0.15) is 10.4 Å². The first-order valence-corrected chi connectivity index (χ1v) is 7.92. The molecule has 1 unspecified atom stereocenters. The monoisotopic (exact) mass is 377 g/mol. The van der Waals surface area contributed by atoms with Crippen LogP contribution < -0.4 is 10.6 Å². The second kappa shape index (κ2) is 9.50. The Kier molecular flexibility index (Phi) is 7.07. The van der Waals surface area contributed by atoms with Gasteiger partial charge in [0.1, 0.15) is 5.82 Å². The molecule has 1 aromatic heterocycles. The van der Waals surface area contributed by atoms with Gasteiger partial charge in [0.15, 0.2) is 12.6 Å². The molecule has 136 valence electrons. The Labute approximate surface area is 154 Å². The van der Waals surface area contributed by atoms with Gasteiger partial charge in [0.05, 0.1) is 11.6 Å². The van der Waals surface area contributed by atoms with Crippen LogP contribution >= 0.6 is 11.6 Å². The topological polar surface area (TPSA) is 118 Å². The van der Waals surface area contributed by atoms with Crippen LogP contribution in [0, 0.1) is 0 Å². The van der Waals surface area contributed by atoms with Gasteiger partial charge in [-0.2, -0.15) is 0 Å². The second-order valence-corrected chi connectivity index (χ2v) is 5.53. The number of nitrogens with zero attached hydrogens (tertiary/aromatic N) is 1. The average molecular weight is 378 g/mol. The van der Waals surface area contributed by atoms with Gasteiger partial charge in [-0.25, -0.2) is 9.78 Å². The summed E-state index contributed by atoms with van der Waals surface area (Å²) in [5.74, 6) is -1.86. The van der Waals surface area contributed by atoms with E-state index in [1.807, 2.05) is 0 Å². The van der Waals surface area contributed by atoms with Crippen LogP contribution in [0.15, 0.2) is 48.7 Å². The minimum Gasteiger partial charge on any atom is -0.454 e. The van der Waals surface area contributed by atoms with Crippen molar-refractivity contribution in [1.82, 2.24) is 10.3 Å². The first kappa shape index (κ1) is 19.4. The number of aliphatic hydroxyl groups excluding tert-OH is 1. The maximum atomic E-state index is 12.0. The standard InChI is InChI=1S/C17H16ClN3O5/c18-12-6-7-14(19-8-12)21-15(23)10-26-17(25)13(9-22)20-16(24)11-4-2-1-3-5-11/h1-8,13,22H,9-10H2,(H,20,24)(H,19,21,23). The molecule has 0 aliphatic carbocycles. The molecule has 1 aromatic carbocycles. The Morgan fingerprint density at radius 2 is 1.88 bits per heavy atom. The summed E-state index contributed by atoms with van der Waals surface area (Å²) < 4.78 is 4.81. The molecule has 0 bridgehead atoms. The van der Waals surface area contributed by atoms with Crippen molar-refractivity contribution in [2.45, 2.75) is 6.04 Å². The van der Waals surface area contributed by atoms with E-state index in [0.29, 0.717) is 10.6 Å². The van der Waals surface area contributed by atoms with Gasteiger partial charge in [0.2, 0.25) is 0 Å². The van der Waals surface area contributed by atoms with E-state index in [0.717, 1.165) is 0 Å². The minimum absolute atomic E-state index is 0.242. The molecule has 0 fully saturated rings. The maximum absolute atomic E-state index is 12.0. The molecule has 0 saturated heterocycles. The average Bonchev–Trinajstić information content (AvgIpc) is 2.66. The lowest BCUT2D eigenvalue weighted by atomic mass is 10.2. The van der Waals surface area contributed by atoms with Crippen LogP contribution in [0.3, 0.4) is 0 Å². The predicted molar refractivity (Wildman–Crippen MR) is 93.6 cm³/mol. The zero-order valence-electron chi connectivity index (χ0n) is 13.5. The number of amides is 2. The lowest BCUT2D eigenvalue weighted by molar-refractivity contribution is -0.150. The van der Waals surface area contributed by atoms with Crippen molar-refractivity contribution >= 4 is 35.2 Å². The molecule has 2 amide bonds. The van der Waals surface area contributed by atoms with E-state index in [9.17, 15) is 19.5 Å². The van der Waals surface area contributed by atoms with Crippen LogP contribution in [-0.2, 0) is 14.3 Å². The highest BCUT2D eigenvalue weighted by Gasteiger charge is 2.23. The SMILES string of the molecule is O=C(COC(=O)C(CO)NC(=O)c1ccccc1)Nc1ccc(Cl)cn1. The fourth-order valence-corrected chi connectivity index (χ4v) is 1.99. The van der Waals surface area contributed by atoms with Crippen molar-refractivity contribution in [2.24, 2.45) is 0 Å². The molecule has 26 heavy (non-hydrogen) atoms. The van der Waals surface area contributed by atoms with E-state index in [4.69, 9.17) is 16.3 Å². The normalized spacial score (nSPS) is 11.3. The van der Waals surface area contributed by atoms with Crippen LogP contribution in [-0.4, -0.2) is 47.1 Å². The summed E-state index contributed by atoms with van der Waals surface area (Å²) in [5.41, 5.74) is 0.324. The number of pyridine rings is 1. The number of esters is 1. The van der Waals surface area contributed by atoms with Crippen LogP contribution in [0.2, 0.25) is 5.02 Å². The third-order valence-corrected chi connectivity index (χ3v) is 3.37.